The van der Waals surface area contributed by atoms with Gasteiger partial charge in [0.15, 0.2) is 0 Å². The fourth-order valence-electron chi connectivity index (χ4n) is 1.32. The number of hydrogen-bond acceptors (Lipinski definition) is 2. The fraction of sp³-hybridized carbons (Fsp3) is 0.200. The van der Waals surface area contributed by atoms with E-state index in [0.29, 0.717) is 6.54 Å². The lowest BCUT2D eigenvalue weighted by molar-refractivity contribution is 0.502. The van der Waals surface area contributed by atoms with Crippen molar-refractivity contribution in [2.75, 3.05) is 0 Å². The molecule has 0 aromatic carbocycles. The van der Waals surface area contributed by atoms with Crippen LogP contribution in [0.25, 0.3) is 6.08 Å². The minimum Gasteiger partial charge on any atom is -0.460 e. The number of allylic oxidation sites excluding steroid dienone is 3. The lowest BCUT2D eigenvalue weighted by Gasteiger charge is -1.88. The molecule has 0 bridgehead atoms. The summed E-state index contributed by atoms with van der Waals surface area (Å²) in [6, 6.07) is 2.02. The van der Waals surface area contributed by atoms with Gasteiger partial charge in [-0.25, -0.2) is 0 Å². The molecule has 0 unspecified atom stereocenters. The summed E-state index contributed by atoms with van der Waals surface area (Å²) in [5, 5.41) is 0. The van der Waals surface area contributed by atoms with Crippen LogP contribution in [0.3, 0.4) is 0 Å². The van der Waals surface area contributed by atoms with E-state index in [1.165, 1.54) is 5.56 Å². The molecule has 2 rings (SSSR count). The van der Waals surface area contributed by atoms with Gasteiger partial charge < -0.3 is 10.2 Å². The van der Waals surface area contributed by atoms with Crippen LogP contribution in [-0.4, -0.2) is 0 Å². The van der Waals surface area contributed by atoms with Gasteiger partial charge in [-0.3, -0.25) is 0 Å². The van der Waals surface area contributed by atoms with Gasteiger partial charge in [0.05, 0.1) is 6.54 Å². The van der Waals surface area contributed by atoms with Gasteiger partial charge in [-0.15, -0.1) is 0 Å². The van der Waals surface area contributed by atoms with E-state index in [-0.39, 0.29) is 0 Å². The normalized spacial score (nSPS) is 14.4. The van der Waals surface area contributed by atoms with Crippen molar-refractivity contribution in [1.29, 1.82) is 0 Å². The summed E-state index contributed by atoms with van der Waals surface area (Å²) in [5.41, 5.74) is 6.69. The highest BCUT2D eigenvalue weighted by molar-refractivity contribution is 5.52. The van der Waals surface area contributed by atoms with Gasteiger partial charge in [0.25, 0.3) is 0 Å². The summed E-state index contributed by atoms with van der Waals surface area (Å²) in [6.45, 7) is 0.477. The first-order chi connectivity index (χ1) is 5.90. The molecule has 1 aliphatic rings. The number of nitrogens with two attached hydrogens (primary N) is 1. The van der Waals surface area contributed by atoms with E-state index in [1.807, 2.05) is 24.3 Å². The van der Waals surface area contributed by atoms with Crippen LogP contribution in [0.15, 0.2) is 28.7 Å². The summed E-state index contributed by atoms with van der Waals surface area (Å²) in [7, 11) is 0. The minimum atomic E-state index is 0.477. The monoisotopic (exact) mass is 161 g/mol. The van der Waals surface area contributed by atoms with Gasteiger partial charge in [-0.2, -0.15) is 0 Å². The highest BCUT2D eigenvalue weighted by atomic mass is 16.3. The molecule has 0 radical (unpaired) electrons. The summed E-state index contributed by atoms with van der Waals surface area (Å²) < 4.78 is 5.48. The largest absolute Gasteiger partial charge is 0.460 e. The Bertz CT molecular complexity index is 334. The molecule has 1 heterocycles. The van der Waals surface area contributed by atoms with Gasteiger partial charge in [-0.05, 0) is 18.6 Å². The molecule has 0 aliphatic heterocycles. The molecule has 0 amide bonds. The van der Waals surface area contributed by atoms with Crippen molar-refractivity contribution in [2.24, 2.45) is 5.73 Å². The van der Waals surface area contributed by atoms with Crippen LogP contribution in [0, 0.1) is 0 Å². The number of rotatable bonds is 1. The second kappa shape index (κ2) is 2.99. The van der Waals surface area contributed by atoms with Crippen molar-refractivity contribution >= 4 is 6.08 Å². The van der Waals surface area contributed by atoms with E-state index < -0.39 is 0 Å². The van der Waals surface area contributed by atoms with Crippen LogP contribution in [0.1, 0.15) is 17.1 Å². The molecule has 0 saturated carbocycles. The fourth-order valence-corrected chi connectivity index (χ4v) is 1.32. The Morgan fingerprint density at radius 1 is 1.42 bits per heavy atom. The first-order valence-electron chi connectivity index (χ1n) is 4.05. The zero-order valence-corrected chi connectivity index (χ0v) is 6.79. The number of hydrogen-bond donors (Lipinski definition) is 1. The predicted octanol–water partition coefficient (Wildman–Crippen LogP) is 1.86. The van der Waals surface area contributed by atoms with Crippen molar-refractivity contribution in [3.05, 3.63) is 41.4 Å². The van der Waals surface area contributed by atoms with Gasteiger partial charge in [0.1, 0.15) is 11.5 Å². The summed E-state index contributed by atoms with van der Waals surface area (Å²) in [4.78, 5) is 0. The van der Waals surface area contributed by atoms with Crippen LogP contribution in [0.4, 0.5) is 0 Å². The lowest BCUT2D eigenvalue weighted by atomic mass is 10.2. The van der Waals surface area contributed by atoms with E-state index in [1.54, 1.807) is 0 Å². The van der Waals surface area contributed by atoms with Crippen LogP contribution >= 0.6 is 0 Å². The zero-order chi connectivity index (χ0) is 8.39. The van der Waals surface area contributed by atoms with E-state index in [0.717, 1.165) is 17.9 Å². The zero-order valence-electron chi connectivity index (χ0n) is 6.79. The highest BCUT2D eigenvalue weighted by Crippen LogP contribution is 2.19. The van der Waals surface area contributed by atoms with Crippen molar-refractivity contribution in [3.8, 4) is 0 Å². The van der Waals surface area contributed by atoms with Gasteiger partial charge in [0, 0.05) is 5.56 Å². The molecule has 1 aromatic heterocycles. The van der Waals surface area contributed by atoms with E-state index in [2.05, 4.69) is 6.08 Å². The molecular formula is C10H11NO. The standard InChI is InChI=1S/C10H11NO/c11-7-9-6-8-4-2-1-3-5-10(8)12-9/h1-3,5-6H,4,7,11H2. The maximum atomic E-state index is 5.48. The average Bonchev–Trinajstić information content (AvgIpc) is 2.37. The molecule has 1 aliphatic carbocycles. The third-order valence-electron chi connectivity index (χ3n) is 1.93. The van der Waals surface area contributed by atoms with Crippen LogP contribution in [-0.2, 0) is 13.0 Å². The molecule has 1 aromatic rings. The summed E-state index contributed by atoms with van der Waals surface area (Å²) >= 11 is 0. The summed E-state index contributed by atoms with van der Waals surface area (Å²) in [6.07, 6.45) is 9.02. The molecule has 2 N–H and O–H groups in total. The predicted molar refractivity (Wildman–Crippen MR) is 48.5 cm³/mol. The van der Waals surface area contributed by atoms with E-state index in [4.69, 9.17) is 10.2 Å². The first kappa shape index (κ1) is 7.37. The topological polar surface area (TPSA) is 39.2 Å². The van der Waals surface area contributed by atoms with Crippen LogP contribution < -0.4 is 5.73 Å². The molecule has 2 heteroatoms. The molecule has 62 valence electrons. The average molecular weight is 161 g/mol. The minimum absolute atomic E-state index is 0.477. The molecule has 0 saturated heterocycles. The quantitative estimate of drug-likeness (QED) is 0.682. The van der Waals surface area contributed by atoms with Gasteiger partial charge >= 0.3 is 0 Å². The second-order valence-corrected chi connectivity index (χ2v) is 2.80. The van der Waals surface area contributed by atoms with Crippen LogP contribution in [0.5, 0.6) is 0 Å². The Morgan fingerprint density at radius 2 is 2.33 bits per heavy atom. The molecule has 2 nitrogen and oxygen atoms in total. The van der Waals surface area contributed by atoms with E-state index in [9.17, 15) is 0 Å². The highest BCUT2D eigenvalue weighted by Gasteiger charge is 2.06. The molecule has 12 heavy (non-hydrogen) atoms. The SMILES string of the molecule is NCc1cc2c(o1)C=CC=CC2. The maximum Gasteiger partial charge on any atom is 0.130 e. The Kier molecular flexibility index (Phi) is 1.84. The van der Waals surface area contributed by atoms with E-state index >= 15 is 0 Å². The number of furan rings is 1. The van der Waals surface area contributed by atoms with Crippen molar-refractivity contribution in [1.82, 2.24) is 0 Å². The second-order valence-electron chi connectivity index (χ2n) is 2.80. The van der Waals surface area contributed by atoms with Crippen molar-refractivity contribution in [2.45, 2.75) is 13.0 Å². The third kappa shape index (κ3) is 1.21. The Labute approximate surface area is 71.4 Å². The summed E-state index contributed by atoms with van der Waals surface area (Å²) in [5.74, 6) is 1.81. The van der Waals surface area contributed by atoms with Crippen LogP contribution in [0.2, 0.25) is 0 Å². The third-order valence-corrected chi connectivity index (χ3v) is 1.93. The lowest BCUT2D eigenvalue weighted by Crippen LogP contribution is -1.92. The molecule has 0 fully saturated rings. The Morgan fingerprint density at radius 3 is 3.17 bits per heavy atom. The smallest absolute Gasteiger partial charge is 0.130 e. The maximum absolute atomic E-state index is 5.48. The first-order valence-corrected chi connectivity index (χ1v) is 4.05. The number of fused-ring (bicyclic) bond motifs is 1. The van der Waals surface area contributed by atoms with Gasteiger partial charge in [0.2, 0.25) is 0 Å². The Hall–Kier alpha value is -1.28. The molecule has 0 atom stereocenters. The van der Waals surface area contributed by atoms with Crippen molar-refractivity contribution < 1.29 is 4.42 Å². The van der Waals surface area contributed by atoms with Crippen molar-refractivity contribution in [3.63, 3.8) is 0 Å². The Balaban J connectivity index is 2.42. The molecule has 0 spiro atoms. The van der Waals surface area contributed by atoms with Gasteiger partial charge in [-0.1, -0.05) is 18.2 Å². The molecular weight excluding hydrogens is 150 g/mol.